The third kappa shape index (κ3) is 6.17. The molecule has 3 N–H and O–H groups in total. The fourth-order valence-electron chi connectivity index (χ4n) is 6.25. The molecule has 1 heterocycles. The van der Waals surface area contributed by atoms with Crippen molar-refractivity contribution in [1.82, 2.24) is 10.2 Å². The van der Waals surface area contributed by atoms with Gasteiger partial charge in [-0.25, -0.2) is 4.39 Å². The van der Waals surface area contributed by atoms with E-state index in [1.165, 1.54) is 10.5 Å². The van der Waals surface area contributed by atoms with Gasteiger partial charge in [0.15, 0.2) is 0 Å². The van der Waals surface area contributed by atoms with Crippen molar-refractivity contribution in [3.8, 4) is 0 Å². The Hall–Kier alpha value is -1.71. The van der Waals surface area contributed by atoms with Crippen LogP contribution in [0, 0.1) is 10.8 Å². The van der Waals surface area contributed by atoms with Crippen LogP contribution in [0.15, 0.2) is 35.7 Å². The second-order valence-electron chi connectivity index (χ2n) is 10.8. The van der Waals surface area contributed by atoms with Gasteiger partial charge in [0.1, 0.15) is 0 Å². The molecule has 0 spiro atoms. The van der Waals surface area contributed by atoms with E-state index in [4.69, 9.17) is 10.5 Å². The fourth-order valence-corrected chi connectivity index (χ4v) is 6.25. The number of fused-ring (bicyclic) bond motifs is 3. The van der Waals surface area contributed by atoms with Gasteiger partial charge in [-0.05, 0) is 74.3 Å². The molecule has 1 atom stereocenters. The van der Waals surface area contributed by atoms with Crippen molar-refractivity contribution in [2.24, 2.45) is 16.6 Å². The highest BCUT2D eigenvalue weighted by Crippen LogP contribution is 2.60. The van der Waals surface area contributed by atoms with Gasteiger partial charge in [0.2, 0.25) is 5.91 Å². The van der Waals surface area contributed by atoms with E-state index in [1.54, 1.807) is 0 Å². The molecule has 0 aromatic heterocycles. The van der Waals surface area contributed by atoms with Crippen LogP contribution < -0.4 is 11.1 Å². The van der Waals surface area contributed by atoms with Gasteiger partial charge in [-0.15, -0.1) is 0 Å². The molecule has 5 rings (SSSR count). The summed E-state index contributed by atoms with van der Waals surface area (Å²) in [6.07, 6.45) is 9.98. The van der Waals surface area contributed by atoms with Crippen LogP contribution in [0.3, 0.4) is 0 Å². The van der Waals surface area contributed by atoms with Crippen LogP contribution in [0.4, 0.5) is 17.6 Å². The van der Waals surface area contributed by atoms with Gasteiger partial charge in [0.25, 0.3) is 0 Å². The monoisotopic (exact) mass is 499 g/mol. The Balaban J connectivity index is 1.25. The number of nitrogens with one attached hydrogen (secondary N) is 1. The minimum Gasteiger partial charge on any atom is -0.369 e. The van der Waals surface area contributed by atoms with E-state index >= 15 is 0 Å². The normalized spacial score (nSPS) is 32.5. The molecule has 5 nitrogen and oxygen atoms in total. The number of piperidine rings is 1. The minimum atomic E-state index is -4.18. The van der Waals surface area contributed by atoms with E-state index in [2.05, 4.69) is 17.5 Å². The standard InChI is InChI=1S/C26H37F4N3O2/c27-15-19(16-31)17-35-22-3-1-20(2-4-22)24-7-10-25(11-8-24,12-9-24)23(34)32-21-5-13-33(14-6-21)18-26(28,29)30/h1-3,15,21-22H,4-14,16-18,31H2,(H,32,34)/b19-15+. The van der Waals surface area contributed by atoms with Crippen molar-refractivity contribution in [2.45, 2.75) is 76.1 Å². The minimum absolute atomic E-state index is 0.0390. The predicted molar refractivity (Wildman–Crippen MR) is 126 cm³/mol. The molecule has 1 saturated heterocycles. The van der Waals surface area contributed by atoms with Gasteiger partial charge >= 0.3 is 6.18 Å². The second-order valence-corrected chi connectivity index (χ2v) is 10.8. The molecule has 2 bridgehead atoms. The molecule has 1 unspecified atom stereocenters. The van der Waals surface area contributed by atoms with Gasteiger partial charge in [-0.2, -0.15) is 13.2 Å². The number of hydrogen-bond acceptors (Lipinski definition) is 4. The zero-order chi connectivity index (χ0) is 25.1. The topological polar surface area (TPSA) is 67.6 Å². The zero-order valence-corrected chi connectivity index (χ0v) is 20.2. The molecule has 1 amide bonds. The molecule has 35 heavy (non-hydrogen) atoms. The number of nitrogens with two attached hydrogens (primary N) is 1. The number of likely N-dealkylation sites (tertiary alicyclic amines) is 1. The quantitative estimate of drug-likeness (QED) is 0.481. The molecule has 0 radical (unpaired) electrons. The van der Waals surface area contributed by atoms with Crippen molar-refractivity contribution in [3.63, 3.8) is 0 Å². The molecule has 0 aromatic rings. The third-order valence-electron chi connectivity index (χ3n) is 8.63. The Morgan fingerprint density at radius 3 is 2.34 bits per heavy atom. The van der Waals surface area contributed by atoms with Gasteiger partial charge in [-0.3, -0.25) is 9.69 Å². The van der Waals surface area contributed by atoms with Crippen LogP contribution >= 0.6 is 0 Å². The summed E-state index contributed by atoms with van der Waals surface area (Å²) in [5.74, 6) is 0.0957. The number of rotatable bonds is 8. The number of nitrogens with zero attached hydrogens (tertiary/aromatic N) is 1. The van der Waals surface area contributed by atoms with Crippen molar-refractivity contribution in [2.75, 3.05) is 32.8 Å². The van der Waals surface area contributed by atoms with Crippen LogP contribution in [0.2, 0.25) is 0 Å². The predicted octanol–water partition coefficient (Wildman–Crippen LogP) is 4.55. The van der Waals surface area contributed by atoms with Gasteiger partial charge in [0.05, 0.1) is 25.6 Å². The maximum atomic E-state index is 13.3. The lowest BCUT2D eigenvalue weighted by Crippen LogP contribution is -2.54. The number of hydrogen-bond donors (Lipinski definition) is 2. The van der Waals surface area contributed by atoms with E-state index < -0.39 is 12.7 Å². The Bertz CT molecular complexity index is 835. The summed E-state index contributed by atoms with van der Waals surface area (Å²) in [6.45, 7) is 0.187. The molecule has 9 heteroatoms. The molecule has 5 aliphatic rings. The smallest absolute Gasteiger partial charge is 0.369 e. The number of carbonyl (C=O) groups is 1. The molecular formula is C26H37F4N3O2. The lowest BCUT2D eigenvalue weighted by atomic mass is 9.51. The molecule has 4 aliphatic carbocycles. The molecule has 1 aliphatic heterocycles. The third-order valence-corrected chi connectivity index (χ3v) is 8.63. The lowest BCUT2D eigenvalue weighted by molar-refractivity contribution is -0.149. The van der Waals surface area contributed by atoms with E-state index in [-0.39, 0.29) is 42.0 Å². The van der Waals surface area contributed by atoms with E-state index in [0.29, 0.717) is 37.8 Å². The van der Waals surface area contributed by atoms with Crippen molar-refractivity contribution in [3.05, 3.63) is 35.7 Å². The van der Waals surface area contributed by atoms with E-state index in [0.717, 1.165) is 44.9 Å². The number of carbonyl (C=O) groups excluding carboxylic acids is 1. The molecule has 0 aromatic carbocycles. The van der Waals surface area contributed by atoms with Gasteiger partial charge in [0, 0.05) is 31.1 Å². The molecule has 3 saturated carbocycles. The highest BCUT2D eigenvalue weighted by atomic mass is 19.4. The highest BCUT2D eigenvalue weighted by molar-refractivity contribution is 5.83. The summed E-state index contributed by atoms with van der Waals surface area (Å²) in [5, 5.41) is 3.19. The van der Waals surface area contributed by atoms with Crippen LogP contribution in [0.1, 0.15) is 57.8 Å². The van der Waals surface area contributed by atoms with E-state index in [1.807, 2.05) is 6.08 Å². The van der Waals surface area contributed by atoms with E-state index in [9.17, 15) is 22.4 Å². The second kappa shape index (κ2) is 10.7. The van der Waals surface area contributed by atoms with Crippen LogP contribution in [-0.2, 0) is 9.53 Å². The molecular weight excluding hydrogens is 462 g/mol. The summed E-state index contributed by atoms with van der Waals surface area (Å²) >= 11 is 0. The number of alkyl halides is 3. The lowest BCUT2D eigenvalue weighted by Gasteiger charge is -2.54. The summed E-state index contributed by atoms with van der Waals surface area (Å²) in [6, 6.07) is -0.0390. The van der Waals surface area contributed by atoms with Crippen LogP contribution in [0.25, 0.3) is 0 Å². The first kappa shape index (κ1) is 26.4. The molecule has 196 valence electrons. The SMILES string of the molecule is NC/C(=C\F)COC1C=CC(C23CCC(C(=O)NC4CCN(CC(F)(F)F)CC4)(CC2)CC3)=CC1. The number of halogens is 4. The zero-order valence-electron chi connectivity index (χ0n) is 20.2. The summed E-state index contributed by atoms with van der Waals surface area (Å²) in [7, 11) is 0. The van der Waals surface area contributed by atoms with Crippen molar-refractivity contribution >= 4 is 5.91 Å². The van der Waals surface area contributed by atoms with Crippen LogP contribution in [0.5, 0.6) is 0 Å². The van der Waals surface area contributed by atoms with Gasteiger partial charge in [-0.1, -0.05) is 18.2 Å². The number of ether oxygens (including phenoxy) is 1. The average molecular weight is 500 g/mol. The summed E-state index contributed by atoms with van der Waals surface area (Å²) in [5.41, 5.74) is 7.01. The Morgan fingerprint density at radius 1 is 1.17 bits per heavy atom. The maximum absolute atomic E-state index is 13.3. The largest absolute Gasteiger partial charge is 0.401 e. The first-order valence-corrected chi connectivity index (χ1v) is 12.8. The highest BCUT2D eigenvalue weighted by Gasteiger charge is 2.53. The van der Waals surface area contributed by atoms with Gasteiger partial charge < -0.3 is 15.8 Å². The first-order valence-electron chi connectivity index (χ1n) is 12.8. The average Bonchev–Trinajstić information content (AvgIpc) is 2.86. The molecule has 4 fully saturated rings. The fraction of sp³-hybridized carbons (Fsp3) is 0.731. The maximum Gasteiger partial charge on any atom is 0.401 e. The van der Waals surface area contributed by atoms with Crippen molar-refractivity contribution < 1.29 is 27.1 Å². The number of allylic oxidation sites excluding steroid dienone is 2. The summed E-state index contributed by atoms with van der Waals surface area (Å²) < 4.78 is 56.3. The van der Waals surface area contributed by atoms with Crippen molar-refractivity contribution in [1.29, 1.82) is 0 Å². The Kier molecular flexibility index (Phi) is 8.08. The Morgan fingerprint density at radius 2 is 1.83 bits per heavy atom. The summed E-state index contributed by atoms with van der Waals surface area (Å²) in [4.78, 5) is 14.7. The first-order chi connectivity index (χ1) is 16.7. The van der Waals surface area contributed by atoms with Crippen LogP contribution in [-0.4, -0.2) is 61.9 Å². The Labute approximate surface area is 204 Å². The number of amides is 1.